The normalized spacial score (nSPS) is 12.3. The molecule has 0 heterocycles. The average molecular weight is 234 g/mol. The summed E-state index contributed by atoms with van der Waals surface area (Å²) in [6.07, 6.45) is 0. The molecule has 1 atom stereocenters. The summed E-state index contributed by atoms with van der Waals surface area (Å²) in [5.74, 6) is -0.271. The zero-order valence-electron chi connectivity index (χ0n) is 7.46. The molecular formula is C9H9Cl2NO2. The fourth-order valence-corrected chi connectivity index (χ4v) is 1.21. The first-order valence-corrected chi connectivity index (χ1v) is 4.68. The van der Waals surface area contributed by atoms with Gasteiger partial charge in [0.05, 0.1) is 5.02 Å². The van der Waals surface area contributed by atoms with Crippen LogP contribution in [-0.4, -0.2) is 12.0 Å². The summed E-state index contributed by atoms with van der Waals surface area (Å²) < 4.78 is 4.91. The predicted molar refractivity (Wildman–Crippen MR) is 55.7 cm³/mol. The van der Waals surface area contributed by atoms with Gasteiger partial charge < -0.3 is 10.5 Å². The molecule has 0 aromatic heterocycles. The molecule has 0 radical (unpaired) electrons. The Kier molecular flexibility index (Phi) is 3.75. The van der Waals surface area contributed by atoms with Crippen molar-refractivity contribution in [3.63, 3.8) is 0 Å². The SMILES string of the molecule is CC(N)C(=O)Oc1ccc(Cl)cc1Cl. The van der Waals surface area contributed by atoms with E-state index in [9.17, 15) is 4.79 Å². The summed E-state index contributed by atoms with van der Waals surface area (Å²) in [6, 6.07) is 3.91. The Morgan fingerprint density at radius 1 is 1.50 bits per heavy atom. The first-order chi connectivity index (χ1) is 6.50. The lowest BCUT2D eigenvalue weighted by molar-refractivity contribution is -0.135. The van der Waals surface area contributed by atoms with Crippen molar-refractivity contribution in [1.82, 2.24) is 0 Å². The predicted octanol–water partition coefficient (Wildman–Crippen LogP) is 2.25. The summed E-state index contributed by atoms with van der Waals surface area (Å²) in [5.41, 5.74) is 5.32. The molecule has 1 aromatic rings. The second-order valence-electron chi connectivity index (χ2n) is 2.78. The molecule has 0 spiro atoms. The van der Waals surface area contributed by atoms with Crippen molar-refractivity contribution in [1.29, 1.82) is 0 Å². The van der Waals surface area contributed by atoms with Gasteiger partial charge in [-0.05, 0) is 25.1 Å². The van der Waals surface area contributed by atoms with Crippen LogP contribution in [0.1, 0.15) is 6.92 Å². The second kappa shape index (κ2) is 4.64. The van der Waals surface area contributed by atoms with Crippen LogP contribution in [0.4, 0.5) is 0 Å². The molecule has 0 amide bonds. The number of carbonyl (C=O) groups excluding carboxylic acids is 1. The Balaban J connectivity index is 2.82. The van der Waals surface area contributed by atoms with Crippen molar-refractivity contribution in [2.45, 2.75) is 13.0 Å². The summed E-state index contributed by atoms with van der Waals surface area (Å²) in [4.78, 5) is 11.1. The maximum atomic E-state index is 11.1. The third-order valence-electron chi connectivity index (χ3n) is 1.48. The smallest absolute Gasteiger partial charge is 0.328 e. The van der Waals surface area contributed by atoms with Crippen LogP contribution in [0.3, 0.4) is 0 Å². The van der Waals surface area contributed by atoms with Crippen molar-refractivity contribution in [3.05, 3.63) is 28.2 Å². The number of hydrogen-bond acceptors (Lipinski definition) is 3. The van der Waals surface area contributed by atoms with Crippen LogP contribution in [0.2, 0.25) is 10.0 Å². The summed E-state index contributed by atoms with van der Waals surface area (Å²) in [7, 11) is 0. The molecule has 1 rings (SSSR count). The Bertz CT molecular complexity index is 353. The molecule has 76 valence electrons. The number of esters is 1. The lowest BCUT2D eigenvalue weighted by Gasteiger charge is -2.07. The Labute approximate surface area is 91.7 Å². The van der Waals surface area contributed by atoms with E-state index in [0.717, 1.165) is 0 Å². The van der Waals surface area contributed by atoms with Crippen LogP contribution in [0.25, 0.3) is 0 Å². The van der Waals surface area contributed by atoms with Crippen molar-refractivity contribution >= 4 is 29.2 Å². The number of rotatable bonds is 2. The van der Waals surface area contributed by atoms with Crippen molar-refractivity contribution in [2.75, 3.05) is 0 Å². The molecule has 14 heavy (non-hydrogen) atoms. The maximum Gasteiger partial charge on any atom is 0.328 e. The highest BCUT2D eigenvalue weighted by Crippen LogP contribution is 2.27. The van der Waals surface area contributed by atoms with Crippen LogP contribution >= 0.6 is 23.2 Å². The molecule has 0 aliphatic carbocycles. The van der Waals surface area contributed by atoms with E-state index in [2.05, 4.69) is 0 Å². The van der Waals surface area contributed by atoms with Crippen LogP contribution in [0.15, 0.2) is 18.2 Å². The highest BCUT2D eigenvalue weighted by atomic mass is 35.5. The Morgan fingerprint density at radius 3 is 2.64 bits per heavy atom. The van der Waals surface area contributed by atoms with E-state index in [4.69, 9.17) is 33.7 Å². The van der Waals surface area contributed by atoms with Crippen molar-refractivity contribution in [2.24, 2.45) is 5.73 Å². The van der Waals surface area contributed by atoms with E-state index in [1.807, 2.05) is 0 Å². The molecule has 1 aromatic carbocycles. The first kappa shape index (κ1) is 11.3. The van der Waals surface area contributed by atoms with Crippen molar-refractivity contribution < 1.29 is 9.53 Å². The molecule has 0 fully saturated rings. The van der Waals surface area contributed by atoms with Gasteiger partial charge in [0, 0.05) is 5.02 Å². The van der Waals surface area contributed by atoms with E-state index < -0.39 is 12.0 Å². The summed E-state index contributed by atoms with van der Waals surface area (Å²) >= 11 is 11.4. The van der Waals surface area contributed by atoms with Gasteiger partial charge in [0.15, 0.2) is 0 Å². The van der Waals surface area contributed by atoms with Crippen LogP contribution in [0.5, 0.6) is 5.75 Å². The minimum absolute atomic E-state index is 0.262. The van der Waals surface area contributed by atoms with Gasteiger partial charge in [0.25, 0.3) is 0 Å². The van der Waals surface area contributed by atoms with E-state index >= 15 is 0 Å². The fourth-order valence-electron chi connectivity index (χ4n) is 0.759. The first-order valence-electron chi connectivity index (χ1n) is 3.93. The third kappa shape index (κ3) is 2.87. The molecule has 0 aliphatic rings. The van der Waals surface area contributed by atoms with Gasteiger partial charge >= 0.3 is 5.97 Å². The van der Waals surface area contributed by atoms with Crippen LogP contribution in [0, 0.1) is 0 Å². The van der Waals surface area contributed by atoms with Gasteiger partial charge in [-0.25, -0.2) is 4.79 Å². The maximum absolute atomic E-state index is 11.1. The Hall–Kier alpha value is -0.770. The minimum atomic E-state index is -0.679. The van der Waals surface area contributed by atoms with Crippen LogP contribution < -0.4 is 10.5 Å². The van der Waals surface area contributed by atoms with Gasteiger partial charge in [0.1, 0.15) is 11.8 Å². The van der Waals surface area contributed by atoms with Gasteiger partial charge in [-0.15, -0.1) is 0 Å². The topological polar surface area (TPSA) is 52.3 Å². The summed E-state index contributed by atoms with van der Waals surface area (Å²) in [6.45, 7) is 1.53. The number of benzene rings is 1. The quantitative estimate of drug-likeness (QED) is 0.630. The fraction of sp³-hybridized carbons (Fsp3) is 0.222. The van der Waals surface area contributed by atoms with E-state index in [0.29, 0.717) is 5.02 Å². The molecule has 0 aliphatic heterocycles. The molecule has 5 heteroatoms. The number of nitrogens with two attached hydrogens (primary N) is 1. The van der Waals surface area contributed by atoms with Gasteiger partial charge in [-0.1, -0.05) is 23.2 Å². The monoisotopic (exact) mass is 233 g/mol. The van der Waals surface area contributed by atoms with Gasteiger partial charge in [-0.3, -0.25) is 0 Å². The molecular weight excluding hydrogens is 225 g/mol. The highest BCUT2D eigenvalue weighted by molar-refractivity contribution is 6.35. The van der Waals surface area contributed by atoms with Crippen molar-refractivity contribution in [3.8, 4) is 5.75 Å². The molecule has 0 bridgehead atoms. The van der Waals surface area contributed by atoms with Gasteiger partial charge in [-0.2, -0.15) is 0 Å². The van der Waals surface area contributed by atoms with E-state index in [1.54, 1.807) is 6.07 Å². The highest BCUT2D eigenvalue weighted by Gasteiger charge is 2.12. The standard InChI is InChI=1S/C9H9Cl2NO2/c1-5(12)9(13)14-8-3-2-6(10)4-7(8)11/h2-5H,12H2,1H3. The van der Waals surface area contributed by atoms with E-state index in [1.165, 1.54) is 19.1 Å². The molecule has 2 N–H and O–H groups in total. The number of halogens is 2. The van der Waals surface area contributed by atoms with Gasteiger partial charge in [0.2, 0.25) is 0 Å². The summed E-state index contributed by atoms with van der Waals surface area (Å²) in [5, 5.41) is 0.766. The molecule has 3 nitrogen and oxygen atoms in total. The third-order valence-corrected chi connectivity index (χ3v) is 2.01. The van der Waals surface area contributed by atoms with E-state index in [-0.39, 0.29) is 10.8 Å². The Morgan fingerprint density at radius 2 is 2.14 bits per heavy atom. The minimum Gasteiger partial charge on any atom is -0.424 e. The van der Waals surface area contributed by atoms with Crippen LogP contribution in [-0.2, 0) is 4.79 Å². The second-order valence-corrected chi connectivity index (χ2v) is 3.63. The zero-order valence-corrected chi connectivity index (χ0v) is 8.97. The number of carbonyl (C=O) groups is 1. The molecule has 0 saturated carbocycles. The average Bonchev–Trinajstić information content (AvgIpc) is 2.09. The molecule has 0 saturated heterocycles. The lowest BCUT2D eigenvalue weighted by Crippen LogP contribution is -2.30. The largest absolute Gasteiger partial charge is 0.424 e. The number of hydrogen-bond donors (Lipinski definition) is 1. The zero-order chi connectivity index (χ0) is 10.7. The lowest BCUT2D eigenvalue weighted by atomic mass is 10.3. The number of ether oxygens (including phenoxy) is 1. The molecule has 1 unspecified atom stereocenters.